The molecule has 0 N–H and O–H groups in total. The summed E-state index contributed by atoms with van der Waals surface area (Å²) in [5.41, 5.74) is 2.42. The molecule has 1 aliphatic heterocycles. The molecular formula is C18H19N5O. The van der Waals surface area contributed by atoms with Crippen LogP contribution >= 0.6 is 0 Å². The van der Waals surface area contributed by atoms with E-state index in [-0.39, 0.29) is 5.91 Å². The molecule has 122 valence electrons. The molecule has 0 aromatic carbocycles. The van der Waals surface area contributed by atoms with E-state index < -0.39 is 0 Å². The molecule has 0 aliphatic carbocycles. The fraction of sp³-hybridized carbons (Fsp3) is 0.333. The van der Waals surface area contributed by atoms with E-state index in [1.807, 2.05) is 29.2 Å². The summed E-state index contributed by atoms with van der Waals surface area (Å²) in [6, 6.07) is 9.60. The summed E-state index contributed by atoms with van der Waals surface area (Å²) in [5, 5.41) is 8.93. The van der Waals surface area contributed by atoms with Gasteiger partial charge in [-0.05, 0) is 23.8 Å². The Morgan fingerprint density at radius 1 is 1.21 bits per heavy atom. The Morgan fingerprint density at radius 3 is 2.75 bits per heavy atom. The van der Waals surface area contributed by atoms with Gasteiger partial charge in [0.05, 0.1) is 12.0 Å². The summed E-state index contributed by atoms with van der Waals surface area (Å²) in [4.78, 5) is 24.8. The van der Waals surface area contributed by atoms with Crippen LogP contribution in [0.3, 0.4) is 0 Å². The van der Waals surface area contributed by atoms with Crippen molar-refractivity contribution in [2.24, 2.45) is 0 Å². The van der Waals surface area contributed by atoms with Gasteiger partial charge in [0.25, 0.3) is 0 Å². The number of nitrogens with zero attached hydrogens (tertiary/aromatic N) is 5. The number of hydrogen-bond donors (Lipinski definition) is 0. The highest BCUT2D eigenvalue weighted by molar-refractivity contribution is 5.78. The second kappa shape index (κ2) is 7.66. The van der Waals surface area contributed by atoms with Crippen molar-refractivity contribution < 1.29 is 4.79 Å². The fourth-order valence-corrected chi connectivity index (χ4v) is 2.82. The molecule has 1 saturated heterocycles. The molecule has 0 spiro atoms. The second-order valence-electron chi connectivity index (χ2n) is 5.85. The van der Waals surface area contributed by atoms with E-state index in [0.29, 0.717) is 12.0 Å². The van der Waals surface area contributed by atoms with Gasteiger partial charge in [-0.2, -0.15) is 5.26 Å². The third kappa shape index (κ3) is 4.15. The molecule has 2 aromatic heterocycles. The molecule has 3 heterocycles. The van der Waals surface area contributed by atoms with Crippen molar-refractivity contribution in [2.45, 2.75) is 13.0 Å². The minimum absolute atomic E-state index is 0.126. The summed E-state index contributed by atoms with van der Waals surface area (Å²) in [6.07, 6.45) is 5.43. The molecule has 24 heavy (non-hydrogen) atoms. The van der Waals surface area contributed by atoms with Gasteiger partial charge in [0.15, 0.2) is 0 Å². The van der Waals surface area contributed by atoms with E-state index in [2.05, 4.69) is 20.9 Å². The van der Waals surface area contributed by atoms with Gasteiger partial charge in [0, 0.05) is 57.0 Å². The zero-order chi connectivity index (χ0) is 16.8. The Kier molecular flexibility index (Phi) is 5.14. The van der Waals surface area contributed by atoms with Crippen LogP contribution in [0.5, 0.6) is 0 Å². The minimum Gasteiger partial charge on any atom is -0.340 e. The topological polar surface area (TPSA) is 73.1 Å². The molecule has 1 fully saturated rings. The van der Waals surface area contributed by atoms with Gasteiger partial charge in [-0.25, -0.2) is 0 Å². The van der Waals surface area contributed by atoms with E-state index in [1.165, 1.54) is 0 Å². The molecule has 0 atom stereocenters. The molecule has 3 rings (SSSR count). The third-order valence-corrected chi connectivity index (χ3v) is 4.11. The highest BCUT2D eigenvalue weighted by Crippen LogP contribution is 2.10. The number of aromatic nitrogens is 2. The summed E-state index contributed by atoms with van der Waals surface area (Å²) in [5.74, 6) is 0.126. The normalized spacial score (nSPS) is 15.0. The highest BCUT2D eigenvalue weighted by Gasteiger charge is 2.21. The fourth-order valence-electron chi connectivity index (χ4n) is 2.82. The van der Waals surface area contributed by atoms with Gasteiger partial charge in [0.2, 0.25) is 5.91 Å². The Bertz CT molecular complexity index is 733. The Hall–Kier alpha value is -2.78. The van der Waals surface area contributed by atoms with Crippen LogP contribution in [-0.4, -0.2) is 51.9 Å². The van der Waals surface area contributed by atoms with Crippen LogP contribution in [0, 0.1) is 11.3 Å². The molecule has 6 nitrogen and oxygen atoms in total. The van der Waals surface area contributed by atoms with Crippen molar-refractivity contribution >= 4 is 5.91 Å². The lowest BCUT2D eigenvalue weighted by Gasteiger charge is -2.34. The quantitative estimate of drug-likeness (QED) is 0.847. The number of pyridine rings is 2. The predicted octanol–water partition coefficient (Wildman–Crippen LogP) is 1.24. The van der Waals surface area contributed by atoms with E-state index in [4.69, 9.17) is 5.26 Å². The first-order valence-electron chi connectivity index (χ1n) is 7.98. The Labute approximate surface area is 141 Å². The maximum atomic E-state index is 12.3. The zero-order valence-electron chi connectivity index (χ0n) is 13.4. The van der Waals surface area contributed by atoms with Crippen LogP contribution in [0.2, 0.25) is 0 Å². The Balaban J connectivity index is 1.50. The van der Waals surface area contributed by atoms with Crippen LogP contribution in [-0.2, 0) is 17.8 Å². The molecule has 0 saturated carbocycles. The molecule has 0 unspecified atom stereocenters. The van der Waals surface area contributed by atoms with E-state index in [9.17, 15) is 4.79 Å². The summed E-state index contributed by atoms with van der Waals surface area (Å²) in [6.45, 7) is 3.84. The van der Waals surface area contributed by atoms with Gasteiger partial charge in [-0.15, -0.1) is 0 Å². The minimum atomic E-state index is 0.126. The molecule has 2 aromatic rings. The molecular weight excluding hydrogens is 302 g/mol. The number of hydrogen-bond acceptors (Lipinski definition) is 5. The lowest BCUT2D eigenvalue weighted by Crippen LogP contribution is -2.48. The van der Waals surface area contributed by atoms with Crippen molar-refractivity contribution in [2.75, 3.05) is 26.2 Å². The average Bonchev–Trinajstić information content (AvgIpc) is 2.63. The molecule has 1 amide bonds. The number of carbonyl (C=O) groups is 1. The molecule has 6 heteroatoms. The monoisotopic (exact) mass is 321 g/mol. The largest absolute Gasteiger partial charge is 0.340 e. The summed E-state index contributed by atoms with van der Waals surface area (Å²) >= 11 is 0. The SMILES string of the molecule is N#Cc1cncc(CN2CCN(C(=O)Cc3ccccn3)CC2)c1. The second-order valence-corrected chi connectivity index (χ2v) is 5.85. The molecule has 1 aliphatic rings. The van der Waals surface area contributed by atoms with Gasteiger partial charge in [-0.1, -0.05) is 6.07 Å². The Morgan fingerprint density at radius 2 is 2.04 bits per heavy atom. The molecule has 0 radical (unpaired) electrons. The van der Waals surface area contributed by atoms with Crippen molar-refractivity contribution in [3.05, 3.63) is 59.7 Å². The standard InChI is InChI=1S/C18H19N5O/c19-11-15-9-16(13-20-12-15)14-22-5-7-23(8-6-22)18(24)10-17-3-1-2-4-21-17/h1-4,9,12-13H,5-8,10,14H2. The number of carbonyl (C=O) groups excluding carboxylic acids is 1. The molecule has 0 bridgehead atoms. The average molecular weight is 321 g/mol. The van der Waals surface area contributed by atoms with Crippen LogP contribution in [0.15, 0.2) is 42.9 Å². The first-order chi connectivity index (χ1) is 11.7. The first kappa shape index (κ1) is 16.1. The van der Waals surface area contributed by atoms with Gasteiger partial charge < -0.3 is 4.90 Å². The summed E-state index contributed by atoms with van der Waals surface area (Å²) in [7, 11) is 0. The van der Waals surface area contributed by atoms with Crippen molar-refractivity contribution in [1.82, 2.24) is 19.8 Å². The van der Waals surface area contributed by atoms with Crippen LogP contribution in [0.25, 0.3) is 0 Å². The van der Waals surface area contributed by atoms with E-state index in [1.54, 1.807) is 18.6 Å². The van der Waals surface area contributed by atoms with Crippen molar-refractivity contribution in [3.63, 3.8) is 0 Å². The van der Waals surface area contributed by atoms with Crippen LogP contribution < -0.4 is 0 Å². The van der Waals surface area contributed by atoms with Gasteiger partial charge in [-0.3, -0.25) is 19.7 Å². The maximum Gasteiger partial charge on any atom is 0.228 e. The lowest BCUT2D eigenvalue weighted by atomic mass is 10.2. The number of piperazine rings is 1. The van der Waals surface area contributed by atoms with E-state index >= 15 is 0 Å². The maximum absolute atomic E-state index is 12.3. The summed E-state index contributed by atoms with van der Waals surface area (Å²) < 4.78 is 0. The number of amides is 1. The van der Waals surface area contributed by atoms with Crippen molar-refractivity contribution in [3.8, 4) is 6.07 Å². The van der Waals surface area contributed by atoms with Gasteiger partial charge >= 0.3 is 0 Å². The van der Waals surface area contributed by atoms with Crippen LogP contribution in [0.4, 0.5) is 0 Å². The van der Waals surface area contributed by atoms with E-state index in [0.717, 1.165) is 44.0 Å². The van der Waals surface area contributed by atoms with Gasteiger partial charge in [0.1, 0.15) is 6.07 Å². The number of nitriles is 1. The zero-order valence-corrected chi connectivity index (χ0v) is 13.4. The lowest BCUT2D eigenvalue weighted by molar-refractivity contribution is -0.132. The van der Waals surface area contributed by atoms with Crippen LogP contribution in [0.1, 0.15) is 16.8 Å². The van der Waals surface area contributed by atoms with Crippen molar-refractivity contribution in [1.29, 1.82) is 5.26 Å². The smallest absolute Gasteiger partial charge is 0.228 e. The first-order valence-corrected chi connectivity index (χ1v) is 7.98. The highest BCUT2D eigenvalue weighted by atomic mass is 16.2. The number of rotatable bonds is 4. The third-order valence-electron chi connectivity index (χ3n) is 4.11. The predicted molar refractivity (Wildman–Crippen MR) is 88.8 cm³/mol.